The van der Waals surface area contributed by atoms with Crippen LogP contribution in [0.15, 0.2) is 42.5 Å². The Morgan fingerprint density at radius 2 is 1.83 bits per heavy atom. The Balaban J connectivity index is 2.00. The van der Waals surface area contributed by atoms with E-state index in [1.165, 1.54) is 12.1 Å². The second-order valence-electron chi connectivity index (χ2n) is 6.07. The molecule has 1 unspecified atom stereocenters. The number of anilines is 1. The maximum absolute atomic E-state index is 13.2. The number of nitrogens with zero attached hydrogens (tertiary/aromatic N) is 1. The van der Waals surface area contributed by atoms with Crippen LogP contribution in [0.2, 0.25) is 0 Å². The van der Waals surface area contributed by atoms with Gasteiger partial charge in [-0.15, -0.1) is 0 Å². The number of amides is 1. The quantitative estimate of drug-likeness (QED) is 0.908. The Morgan fingerprint density at radius 1 is 1.17 bits per heavy atom. The smallest absolute Gasteiger partial charge is 0.244 e. The highest BCUT2D eigenvalue weighted by Gasteiger charge is 2.17. The van der Waals surface area contributed by atoms with Crippen molar-refractivity contribution in [1.82, 2.24) is 4.90 Å². The van der Waals surface area contributed by atoms with Crippen LogP contribution in [0.1, 0.15) is 23.6 Å². The third kappa shape index (κ3) is 4.81. The molecule has 122 valence electrons. The molecule has 1 N–H and O–H groups in total. The van der Waals surface area contributed by atoms with Crippen molar-refractivity contribution in [3.8, 4) is 0 Å². The van der Waals surface area contributed by atoms with Gasteiger partial charge >= 0.3 is 0 Å². The molecule has 0 fully saturated rings. The zero-order chi connectivity index (χ0) is 17.0. The molecule has 0 aromatic heterocycles. The van der Waals surface area contributed by atoms with E-state index in [9.17, 15) is 9.18 Å². The Bertz CT molecular complexity index is 679. The second-order valence-corrected chi connectivity index (χ2v) is 6.07. The largest absolute Gasteiger partial charge is 0.374 e. The summed E-state index contributed by atoms with van der Waals surface area (Å²) >= 11 is 0. The summed E-state index contributed by atoms with van der Waals surface area (Å²) in [5, 5.41) is 3.24. The van der Waals surface area contributed by atoms with Crippen molar-refractivity contribution in [2.24, 2.45) is 0 Å². The summed E-state index contributed by atoms with van der Waals surface area (Å²) < 4.78 is 13.2. The predicted molar refractivity (Wildman–Crippen MR) is 91.9 cm³/mol. The summed E-state index contributed by atoms with van der Waals surface area (Å²) in [4.78, 5) is 14.1. The number of benzene rings is 2. The number of carbonyl (C=O) groups excluding carboxylic acids is 1. The molecular weight excluding hydrogens is 291 g/mol. The number of hydrogen-bond acceptors (Lipinski definition) is 2. The number of rotatable bonds is 5. The monoisotopic (exact) mass is 314 g/mol. The Morgan fingerprint density at radius 3 is 2.43 bits per heavy atom. The standard InChI is InChI=1S/C19H23FN2O/c1-13-8-14(2)10-18(9-13)21-15(3)19(23)22(4)12-16-6-5-7-17(20)11-16/h5-11,15,21H,12H2,1-4H3. The van der Waals surface area contributed by atoms with Gasteiger partial charge in [0.15, 0.2) is 0 Å². The molecule has 0 aliphatic carbocycles. The van der Waals surface area contributed by atoms with Gasteiger partial charge in [0, 0.05) is 19.3 Å². The molecule has 0 heterocycles. The lowest BCUT2D eigenvalue weighted by Gasteiger charge is -2.23. The van der Waals surface area contributed by atoms with Crippen LogP contribution in [0.5, 0.6) is 0 Å². The van der Waals surface area contributed by atoms with Gasteiger partial charge in [0.1, 0.15) is 11.9 Å². The van der Waals surface area contributed by atoms with Crippen molar-refractivity contribution in [1.29, 1.82) is 0 Å². The van der Waals surface area contributed by atoms with E-state index in [1.807, 2.05) is 39.0 Å². The van der Waals surface area contributed by atoms with Gasteiger partial charge in [-0.05, 0) is 61.7 Å². The lowest BCUT2D eigenvalue weighted by atomic mass is 10.1. The minimum absolute atomic E-state index is 0.0339. The number of carbonyl (C=O) groups is 1. The molecule has 0 spiro atoms. The fourth-order valence-electron chi connectivity index (χ4n) is 2.69. The molecule has 1 atom stereocenters. The molecule has 4 heteroatoms. The van der Waals surface area contributed by atoms with Gasteiger partial charge in [0.05, 0.1) is 0 Å². The molecule has 0 aliphatic rings. The summed E-state index contributed by atoms with van der Waals surface area (Å²) in [7, 11) is 1.73. The van der Waals surface area contributed by atoms with E-state index >= 15 is 0 Å². The van der Waals surface area contributed by atoms with E-state index in [-0.39, 0.29) is 17.8 Å². The molecule has 0 saturated heterocycles. The number of nitrogens with one attached hydrogen (secondary N) is 1. The van der Waals surface area contributed by atoms with Crippen molar-refractivity contribution in [2.45, 2.75) is 33.4 Å². The van der Waals surface area contributed by atoms with Crippen LogP contribution in [0.4, 0.5) is 10.1 Å². The lowest BCUT2D eigenvalue weighted by Crippen LogP contribution is -2.38. The van der Waals surface area contributed by atoms with Gasteiger partial charge in [-0.3, -0.25) is 4.79 Å². The minimum Gasteiger partial charge on any atom is -0.374 e. The summed E-state index contributed by atoms with van der Waals surface area (Å²) in [6.07, 6.45) is 0. The minimum atomic E-state index is -0.352. The summed E-state index contributed by atoms with van der Waals surface area (Å²) in [6.45, 7) is 6.28. The number of aryl methyl sites for hydroxylation is 2. The predicted octanol–water partition coefficient (Wildman–Crippen LogP) is 3.90. The van der Waals surface area contributed by atoms with E-state index in [1.54, 1.807) is 18.0 Å². The highest BCUT2D eigenvalue weighted by Crippen LogP contribution is 2.15. The average Bonchev–Trinajstić information content (AvgIpc) is 2.45. The molecule has 0 radical (unpaired) electrons. The van der Waals surface area contributed by atoms with Crippen LogP contribution in [0, 0.1) is 19.7 Å². The Kier molecular flexibility index (Phi) is 5.37. The second kappa shape index (κ2) is 7.27. The van der Waals surface area contributed by atoms with Crippen LogP contribution < -0.4 is 5.32 Å². The molecule has 2 rings (SSSR count). The maximum atomic E-state index is 13.2. The van der Waals surface area contributed by atoms with E-state index in [0.717, 1.165) is 22.4 Å². The first kappa shape index (κ1) is 17.0. The van der Waals surface area contributed by atoms with Crippen molar-refractivity contribution < 1.29 is 9.18 Å². The molecule has 0 saturated carbocycles. The first-order chi connectivity index (χ1) is 10.8. The third-order valence-electron chi connectivity index (χ3n) is 3.66. The van der Waals surface area contributed by atoms with Crippen molar-refractivity contribution in [3.63, 3.8) is 0 Å². The molecule has 0 aliphatic heterocycles. The summed E-state index contributed by atoms with van der Waals surface area (Å²) in [5.41, 5.74) is 4.02. The molecule has 3 nitrogen and oxygen atoms in total. The fourth-order valence-corrected chi connectivity index (χ4v) is 2.69. The van der Waals surface area contributed by atoms with Crippen LogP contribution in [0.3, 0.4) is 0 Å². The molecular formula is C19H23FN2O. The zero-order valence-electron chi connectivity index (χ0n) is 14.1. The van der Waals surface area contributed by atoms with Gasteiger partial charge in [0.25, 0.3) is 0 Å². The summed E-state index contributed by atoms with van der Waals surface area (Å²) in [6, 6.07) is 12.1. The molecule has 23 heavy (non-hydrogen) atoms. The van der Waals surface area contributed by atoms with E-state index < -0.39 is 0 Å². The first-order valence-electron chi connectivity index (χ1n) is 7.69. The van der Waals surface area contributed by atoms with E-state index in [2.05, 4.69) is 11.4 Å². The number of halogens is 1. The molecule has 2 aromatic rings. The lowest BCUT2D eigenvalue weighted by molar-refractivity contribution is -0.130. The van der Waals surface area contributed by atoms with E-state index in [0.29, 0.717) is 6.54 Å². The van der Waals surface area contributed by atoms with E-state index in [4.69, 9.17) is 0 Å². The zero-order valence-corrected chi connectivity index (χ0v) is 14.1. The molecule has 0 bridgehead atoms. The normalized spacial score (nSPS) is 11.9. The fraction of sp³-hybridized carbons (Fsp3) is 0.316. The van der Waals surface area contributed by atoms with Gasteiger partial charge < -0.3 is 10.2 Å². The molecule has 1 amide bonds. The third-order valence-corrected chi connectivity index (χ3v) is 3.66. The van der Waals surface area contributed by atoms with Crippen LogP contribution in [-0.2, 0) is 11.3 Å². The van der Waals surface area contributed by atoms with Crippen molar-refractivity contribution >= 4 is 11.6 Å². The van der Waals surface area contributed by atoms with Gasteiger partial charge in [-0.25, -0.2) is 4.39 Å². The number of hydrogen-bond donors (Lipinski definition) is 1. The Labute approximate surface area is 137 Å². The van der Waals surface area contributed by atoms with Gasteiger partial charge in [0.2, 0.25) is 5.91 Å². The van der Waals surface area contributed by atoms with Crippen molar-refractivity contribution in [2.75, 3.05) is 12.4 Å². The average molecular weight is 314 g/mol. The van der Waals surface area contributed by atoms with Gasteiger partial charge in [-0.2, -0.15) is 0 Å². The SMILES string of the molecule is Cc1cc(C)cc(NC(C)C(=O)N(C)Cc2cccc(F)c2)c1. The van der Waals surface area contributed by atoms with Gasteiger partial charge in [-0.1, -0.05) is 18.2 Å². The van der Waals surface area contributed by atoms with Crippen molar-refractivity contribution in [3.05, 3.63) is 65.0 Å². The molecule has 2 aromatic carbocycles. The van der Waals surface area contributed by atoms with Crippen LogP contribution in [0.25, 0.3) is 0 Å². The van der Waals surface area contributed by atoms with Crippen LogP contribution in [-0.4, -0.2) is 23.9 Å². The highest BCUT2D eigenvalue weighted by molar-refractivity contribution is 5.84. The summed E-state index contributed by atoms with van der Waals surface area (Å²) in [5.74, 6) is -0.321. The highest BCUT2D eigenvalue weighted by atomic mass is 19.1. The Hall–Kier alpha value is -2.36. The number of likely N-dealkylation sites (N-methyl/N-ethyl adjacent to an activating group) is 1. The maximum Gasteiger partial charge on any atom is 0.244 e. The van der Waals surface area contributed by atoms with Crippen LogP contribution >= 0.6 is 0 Å². The first-order valence-corrected chi connectivity index (χ1v) is 7.69. The topological polar surface area (TPSA) is 32.3 Å².